The lowest BCUT2D eigenvalue weighted by atomic mass is 10.1. The van der Waals surface area contributed by atoms with Gasteiger partial charge in [0.15, 0.2) is 12.4 Å². The van der Waals surface area contributed by atoms with Crippen LogP contribution in [0, 0.1) is 17.1 Å². The number of carbonyl (C=O) groups excluding carboxylic acids is 2. The van der Waals surface area contributed by atoms with E-state index in [1.807, 2.05) is 4.90 Å². The molecule has 2 aromatic carbocycles. The van der Waals surface area contributed by atoms with Crippen molar-refractivity contribution in [1.29, 1.82) is 5.26 Å². The van der Waals surface area contributed by atoms with E-state index in [-0.39, 0.29) is 24.1 Å². The summed E-state index contributed by atoms with van der Waals surface area (Å²) in [5.74, 6) is -0.132. The Hall–Kier alpha value is -3.40. The van der Waals surface area contributed by atoms with E-state index in [9.17, 15) is 19.2 Å². The third-order valence-electron chi connectivity index (χ3n) is 4.67. The molecule has 2 aromatic rings. The van der Waals surface area contributed by atoms with Crippen molar-refractivity contribution >= 4 is 17.4 Å². The van der Waals surface area contributed by atoms with Gasteiger partial charge in [0.05, 0.1) is 11.3 Å². The van der Waals surface area contributed by atoms with Gasteiger partial charge in [-0.05, 0) is 49.4 Å². The second kappa shape index (κ2) is 8.53. The Morgan fingerprint density at radius 2 is 1.79 bits per heavy atom. The van der Waals surface area contributed by atoms with E-state index in [1.165, 1.54) is 31.2 Å². The van der Waals surface area contributed by atoms with Gasteiger partial charge >= 0.3 is 0 Å². The van der Waals surface area contributed by atoms with Gasteiger partial charge in [0.25, 0.3) is 5.91 Å². The Kier molecular flexibility index (Phi) is 5.90. The molecule has 0 N–H and O–H groups in total. The quantitative estimate of drug-likeness (QED) is 0.745. The fraction of sp³-hybridized carbons (Fsp3) is 0.286. The molecule has 3 rings (SSSR count). The number of ether oxygens (including phenoxy) is 1. The molecule has 1 aliphatic rings. The molecular weight excluding hydrogens is 361 g/mol. The highest BCUT2D eigenvalue weighted by atomic mass is 19.1. The van der Waals surface area contributed by atoms with E-state index in [4.69, 9.17) is 4.74 Å². The maximum Gasteiger partial charge on any atom is 0.260 e. The third-order valence-corrected chi connectivity index (χ3v) is 4.67. The largest absolute Gasteiger partial charge is 0.484 e. The summed E-state index contributed by atoms with van der Waals surface area (Å²) in [7, 11) is 0. The van der Waals surface area contributed by atoms with Crippen molar-refractivity contribution in [2.24, 2.45) is 0 Å². The molecule has 0 atom stereocenters. The van der Waals surface area contributed by atoms with Gasteiger partial charge in [0.2, 0.25) is 0 Å². The minimum atomic E-state index is -0.361. The smallest absolute Gasteiger partial charge is 0.260 e. The van der Waals surface area contributed by atoms with E-state index < -0.39 is 0 Å². The molecule has 1 aliphatic heterocycles. The number of nitrogens with zero attached hydrogens (tertiary/aromatic N) is 3. The number of amides is 1. The average molecular weight is 381 g/mol. The fourth-order valence-corrected chi connectivity index (χ4v) is 3.07. The molecule has 0 aromatic heterocycles. The van der Waals surface area contributed by atoms with Crippen LogP contribution in [0.15, 0.2) is 42.5 Å². The normalized spacial score (nSPS) is 13.8. The first-order chi connectivity index (χ1) is 13.5. The van der Waals surface area contributed by atoms with Crippen molar-refractivity contribution < 1.29 is 18.7 Å². The molecule has 6 nitrogen and oxygen atoms in total. The number of piperazine rings is 1. The molecule has 144 valence electrons. The first kappa shape index (κ1) is 19.4. The molecule has 1 fully saturated rings. The topological polar surface area (TPSA) is 73.6 Å². The molecule has 0 unspecified atom stereocenters. The standard InChI is InChI=1S/C21H20FN3O3/c1-15(26)16-2-3-17(13-23)20(12-16)24-8-10-25(11-9-24)21(27)14-28-19-6-4-18(22)5-7-19/h2-7,12H,8-11,14H2,1H3. The maximum atomic E-state index is 12.9. The predicted octanol–water partition coefficient (Wildman–Crippen LogP) is 2.63. The number of halogens is 1. The highest BCUT2D eigenvalue weighted by Crippen LogP contribution is 2.24. The summed E-state index contributed by atoms with van der Waals surface area (Å²) in [5.41, 5.74) is 1.77. The Balaban J connectivity index is 1.59. The molecule has 0 spiro atoms. The zero-order valence-corrected chi connectivity index (χ0v) is 15.5. The molecule has 0 aliphatic carbocycles. The lowest BCUT2D eigenvalue weighted by molar-refractivity contribution is -0.133. The van der Waals surface area contributed by atoms with Crippen LogP contribution in [0.2, 0.25) is 0 Å². The van der Waals surface area contributed by atoms with Gasteiger partial charge in [0.1, 0.15) is 17.6 Å². The van der Waals surface area contributed by atoms with E-state index in [1.54, 1.807) is 23.1 Å². The van der Waals surface area contributed by atoms with Crippen LogP contribution in [0.5, 0.6) is 5.75 Å². The van der Waals surface area contributed by atoms with Gasteiger partial charge in [0, 0.05) is 31.7 Å². The van der Waals surface area contributed by atoms with Crippen LogP contribution < -0.4 is 9.64 Å². The summed E-state index contributed by atoms with van der Waals surface area (Å²) in [4.78, 5) is 27.7. The Morgan fingerprint density at radius 1 is 1.11 bits per heavy atom. The maximum absolute atomic E-state index is 12.9. The van der Waals surface area contributed by atoms with Crippen molar-refractivity contribution in [3.63, 3.8) is 0 Å². The van der Waals surface area contributed by atoms with Crippen LogP contribution in [0.3, 0.4) is 0 Å². The average Bonchev–Trinajstić information content (AvgIpc) is 2.72. The monoisotopic (exact) mass is 381 g/mol. The highest BCUT2D eigenvalue weighted by Gasteiger charge is 2.23. The minimum absolute atomic E-state index is 0.0579. The second-order valence-corrected chi connectivity index (χ2v) is 6.51. The van der Waals surface area contributed by atoms with Crippen LogP contribution in [-0.4, -0.2) is 49.4 Å². The van der Waals surface area contributed by atoms with Crippen molar-refractivity contribution in [2.45, 2.75) is 6.92 Å². The number of Topliss-reactive ketones (excluding diaryl/α,β-unsaturated/α-hetero) is 1. The molecule has 0 bridgehead atoms. The van der Waals surface area contributed by atoms with Crippen molar-refractivity contribution in [2.75, 3.05) is 37.7 Å². The molecule has 0 saturated carbocycles. The first-order valence-electron chi connectivity index (χ1n) is 8.94. The van der Waals surface area contributed by atoms with Gasteiger partial charge < -0.3 is 14.5 Å². The van der Waals surface area contributed by atoms with E-state index in [0.29, 0.717) is 48.7 Å². The van der Waals surface area contributed by atoms with Gasteiger partial charge in [-0.2, -0.15) is 5.26 Å². The summed E-state index contributed by atoms with van der Waals surface area (Å²) < 4.78 is 18.3. The van der Waals surface area contributed by atoms with Crippen LogP contribution in [0.4, 0.5) is 10.1 Å². The fourth-order valence-electron chi connectivity index (χ4n) is 3.07. The number of nitriles is 1. The van der Waals surface area contributed by atoms with Gasteiger partial charge in [-0.1, -0.05) is 0 Å². The molecule has 0 radical (unpaired) electrons. The molecule has 1 amide bonds. The summed E-state index contributed by atoms with van der Waals surface area (Å²) in [5, 5.41) is 9.35. The van der Waals surface area contributed by atoms with Gasteiger partial charge in [-0.3, -0.25) is 9.59 Å². The lowest BCUT2D eigenvalue weighted by Gasteiger charge is -2.36. The summed E-state index contributed by atoms with van der Waals surface area (Å²) in [6.07, 6.45) is 0. The number of carbonyl (C=O) groups is 2. The highest BCUT2D eigenvalue weighted by molar-refractivity contribution is 5.95. The molecular formula is C21H20FN3O3. The number of hydrogen-bond donors (Lipinski definition) is 0. The van der Waals surface area contributed by atoms with E-state index in [0.717, 1.165) is 0 Å². The Bertz CT molecular complexity index is 913. The summed E-state index contributed by atoms with van der Waals surface area (Å²) in [6, 6.07) is 12.7. The predicted molar refractivity (Wildman–Crippen MR) is 102 cm³/mol. The van der Waals surface area contributed by atoms with Crippen molar-refractivity contribution in [1.82, 2.24) is 4.90 Å². The third kappa shape index (κ3) is 4.46. The number of rotatable bonds is 5. The number of hydrogen-bond acceptors (Lipinski definition) is 5. The summed E-state index contributed by atoms with van der Waals surface area (Å²) >= 11 is 0. The molecule has 1 saturated heterocycles. The SMILES string of the molecule is CC(=O)c1ccc(C#N)c(N2CCN(C(=O)COc3ccc(F)cc3)CC2)c1. The first-order valence-corrected chi connectivity index (χ1v) is 8.94. The number of ketones is 1. The summed E-state index contributed by atoms with van der Waals surface area (Å²) in [6.45, 7) is 3.45. The molecule has 28 heavy (non-hydrogen) atoms. The molecule has 1 heterocycles. The number of benzene rings is 2. The van der Waals surface area contributed by atoms with Crippen LogP contribution in [0.25, 0.3) is 0 Å². The second-order valence-electron chi connectivity index (χ2n) is 6.51. The lowest BCUT2D eigenvalue weighted by Crippen LogP contribution is -2.50. The van der Waals surface area contributed by atoms with E-state index >= 15 is 0 Å². The molecule has 7 heteroatoms. The zero-order chi connectivity index (χ0) is 20.1. The zero-order valence-electron chi connectivity index (χ0n) is 15.5. The van der Waals surface area contributed by atoms with Crippen LogP contribution in [-0.2, 0) is 4.79 Å². The van der Waals surface area contributed by atoms with E-state index in [2.05, 4.69) is 6.07 Å². The van der Waals surface area contributed by atoms with Gasteiger partial charge in [-0.25, -0.2) is 4.39 Å². The van der Waals surface area contributed by atoms with Crippen molar-refractivity contribution in [3.8, 4) is 11.8 Å². The Labute approximate surface area is 162 Å². The number of anilines is 1. The Morgan fingerprint density at radius 3 is 2.39 bits per heavy atom. The van der Waals surface area contributed by atoms with Crippen LogP contribution in [0.1, 0.15) is 22.8 Å². The van der Waals surface area contributed by atoms with Crippen molar-refractivity contribution in [3.05, 3.63) is 59.4 Å². The minimum Gasteiger partial charge on any atom is -0.484 e. The van der Waals surface area contributed by atoms with Crippen LogP contribution >= 0.6 is 0 Å². The van der Waals surface area contributed by atoms with Gasteiger partial charge in [-0.15, -0.1) is 0 Å².